The van der Waals surface area contributed by atoms with Crippen molar-refractivity contribution in [3.63, 3.8) is 0 Å². The molecule has 0 radical (unpaired) electrons. The molecule has 0 aliphatic carbocycles. The molecule has 5 amide bonds. The van der Waals surface area contributed by atoms with E-state index in [-0.39, 0.29) is 13.0 Å². The fraction of sp³-hybridized carbons (Fsp3) is 0.714. The first kappa shape index (κ1) is 32.9. The third-order valence-corrected chi connectivity index (χ3v) is 4.94. The lowest BCUT2D eigenvalue weighted by Crippen LogP contribution is -2.54. The van der Waals surface area contributed by atoms with Crippen LogP contribution in [0, 0.1) is 0 Å². The van der Waals surface area contributed by atoms with E-state index in [9.17, 15) is 33.9 Å². The van der Waals surface area contributed by atoms with Crippen LogP contribution in [0.1, 0.15) is 38.5 Å². The summed E-state index contributed by atoms with van der Waals surface area (Å²) in [6, 6.07) is -2.99. The second-order valence-corrected chi connectivity index (χ2v) is 7.94. The van der Waals surface area contributed by atoms with Crippen molar-refractivity contribution >= 4 is 35.8 Å². The van der Waals surface area contributed by atoms with Gasteiger partial charge in [-0.2, -0.15) is 0 Å². The van der Waals surface area contributed by atoms with Crippen LogP contribution in [-0.4, -0.2) is 98.4 Å². The van der Waals surface area contributed by atoms with E-state index in [1.807, 2.05) is 0 Å². The molecule has 0 aromatic rings. The SMILES string of the molecule is NCCCC[C@@H](C=O)NC(=O)CNC(=O)[C@H](CCCCN)NC(=O)CNC(=O)C(CO)NC(=O)CN. The van der Waals surface area contributed by atoms with E-state index < -0.39 is 67.4 Å². The lowest BCUT2D eigenvalue weighted by atomic mass is 10.1. The maximum atomic E-state index is 12.6. The zero-order chi connectivity index (χ0) is 27.3. The molecule has 15 nitrogen and oxygen atoms in total. The molecule has 1 unspecified atom stereocenters. The van der Waals surface area contributed by atoms with Crippen LogP contribution in [0.15, 0.2) is 0 Å². The Morgan fingerprint density at radius 1 is 0.694 bits per heavy atom. The summed E-state index contributed by atoms with van der Waals surface area (Å²) in [5.41, 5.74) is 16.0. The summed E-state index contributed by atoms with van der Waals surface area (Å²) < 4.78 is 0. The summed E-state index contributed by atoms with van der Waals surface area (Å²) in [6.45, 7) is -1.16. The second kappa shape index (κ2) is 20.1. The molecule has 0 bridgehead atoms. The quantitative estimate of drug-likeness (QED) is 0.0550. The van der Waals surface area contributed by atoms with Gasteiger partial charge in [-0.25, -0.2) is 0 Å². The minimum atomic E-state index is -1.29. The van der Waals surface area contributed by atoms with Crippen molar-refractivity contribution in [2.24, 2.45) is 17.2 Å². The molecule has 3 atom stereocenters. The van der Waals surface area contributed by atoms with E-state index in [0.717, 1.165) is 0 Å². The molecule has 0 aliphatic rings. The van der Waals surface area contributed by atoms with Crippen LogP contribution >= 0.6 is 0 Å². The molecule has 15 heteroatoms. The summed E-state index contributed by atoms with van der Waals surface area (Å²) >= 11 is 0. The first-order valence-corrected chi connectivity index (χ1v) is 11.8. The van der Waals surface area contributed by atoms with Crippen LogP contribution in [0.2, 0.25) is 0 Å². The predicted octanol–water partition coefficient (Wildman–Crippen LogP) is -4.92. The Kier molecular flexibility index (Phi) is 18.3. The number of nitrogens with one attached hydrogen (secondary N) is 5. The van der Waals surface area contributed by atoms with Gasteiger partial charge in [0.15, 0.2) is 0 Å². The van der Waals surface area contributed by atoms with Crippen molar-refractivity contribution in [2.45, 2.75) is 56.7 Å². The normalized spacial score (nSPS) is 13.0. The Morgan fingerprint density at radius 3 is 1.69 bits per heavy atom. The Labute approximate surface area is 210 Å². The van der Waals surface area contributed by atoms with Crippen LogP contribution < -0.4 is 43.8 Å². The van der Waals surface area contributed by atoms with E-state index in [0.29, 0.717) is 51.5 Å². The molecule has 0 aliphatic heterocycles. The van der Waals surface area contributed by atoms with Gasteiger partial charge in [0.2, 0.25) is 29.5 Å². The zero-order valence-corrected chi connectivity index (χ0v) is 20.4. The summed E-state index contributed by atoms with van der Waals surface area (Å²) in [4.78, 5) is 71.5. The summed E-state index contributed by atoms with van der Waals surface area (Å²) in [5, 5.41) is 21.1. The van der Waals surface area contributed by atoms with Crippen LogP contribution in [0.3, 0.4) is 0 Å². The molecule has 12 N–H and O–H groups in total. The Balaban J connectivity index is 4.81. The molecular weight excluding hydrogens is 476 g/mol. The number of unbranched alkanes of at least 4 members (excludes halogenated alkanes) is 2. The highest BCUT2D eigenvalue weighted by molar-refractivity contribution is 5.93. The lowest BCUT2D eigenvalue weighted by Gasteiger charge is -2.20. The Morgan fingerprint density at radius 2 is 1.19 bits per heavy atom. The zero-order valence-electron chi connectivity index (χ0n) is 20.4. The van der Waals surface area contributed by atoms with Crippen LogP contribution in [0.4, 0.5) is 0 Å². The molecule has 0 fully saturated rings. The van der Waals surface area contributed by atoms with Crippen LogP contribution in [0.5, 0.6) is 0 Å². The Hall–Kier alpha value is -3.14. The van der Waals surface area contributed by atoms with Gasteiger partial charge in [0.05, 0.1) is 32.3 Å². The van der Waals surface area contributed by atoms with Gasteiger partial charge in [-0.05, 0) is 51.6 Å². The highest BCUT2D eigenvalue weighted by atomic mass is 16.3. The molecule has 0 heterocycles. The third kappa shape index (κ3) is 15.0. The van der Waals surface area contributed by atoms with Crippen molar-refractivity contribution in [1.29, 1.82) is 0 Å². The largest absolute Gasteiger partial charge is 0.394 e. The summed E-state index contributed by atoms with van der Waals surface area (Å²) in [7, 11) is 0. The Bertz CT molecular complexity index is 722. The number of amides is 5. The fourth-order valence-electron chi connectivity index (χ4n) is 2.98. The first-order chi connectivity index (χ1) is 17.2. The highest BCUT2D eigenvalue weighted by Crippen LogP contribution is 2.01. The van der Waals surface area contributed by atoms with E-state index >= 15 is 0 Å². The number of carbonyl (C=O) groups is 6. The number of hydrogen-bond acceptors (Lipinski definition) is 10. The number of carbonyl (C=O) groups excluding carboxylic acids is 6. The van der Waals surface area contributed by atoms with Gasteiger partial charge in [-0.3, -0.25) is 24.0 Å². The molecule has 0 saturated carbocycles. The third-order valence-electron chi connectivity index (χ3n) is 4.94. The maximum absolute atomic E-state index is 12.6. The van der Waals surface area contributed by atoms with Gasteiger partial charge in [-0.15, -0.1) is 0 Å². The van der Waals surface area contributed by atoms with E-state index in [4.69, 9.17) is 17.2 Å². The van der Waals surface area contributed by atoms with Gasteiger partial charge in [0, 0.05) is 0 Å². The summed E-state index contributed by atoms with van der Waals surface area (Å²) in [5.74, 6) is -3.38. The number of aliphatic hydroxyl groups is 1. The molecule has 0 spiro atoms. The van der Waals surface area contributed by atoms with Crippen LogP contribution in [-0.2, 0) is 28.8 Å². The monoisotopic (exact) mass is 516 g/mol. The average molecular weight is 517 g/mol. The fourth-order valence-corrected chi connectivity index (χ4v) is 2.98. The number of aldehydes is 1. The summed E-state index contributed by atoms with van der Waals surface area (Å²) in [6.07, 6.45) is 3.76. The van der Waals surface area contributed by atoms with Gasteiger partial charge < -0.3 is 53.7 Å². The van der Waals surface area contributed by atoms with Gasteiger partial charge in [-0.1, -0.05) is 0 Å². The minimum Gasteiger partial charge on any atom is -0.394 e. The number of hydrogen-bond donors (Lipinski definition) is 9. The number of nitrogens with two attached hydrogens (primary N) is 3. The van der Waals surface area contributed by atoms with Gasteiger partial charge in [0.25, 0.3) is 0 Å². The van der Waals surface area contributed by atoms with Crippen molar-refractivity contribution in [2.75, 3.05) is 39.3 Å². The predicted molar refractivity (Wildman–Crippen MR) is 130 cm³/mol. The van der Waals surface area contributed by atoms with Crippen molar-refractivity contribution < 1.29 is 33.9 Å². The molecule has 0 saturated heterocycles. The topological polar surface area (TPSA) is 261 Å². The molecule has 0 rings (SSSR count). The standard InChI is InChI=1S/C21H40N8O7/c22-7-3-1-5-14(12-30)27-18(33)10-25-20(35)15(6-2-4-8-23)28-19(34)11-26-21(36)16(13-31)29-17(32)9-24/h12,14-16,31H,1-11,13,22-24H2,(H,25,35)(H,26,36)(H,27,33)(H,28,34)(H,29,32)/t14-,15-,16?/m0/s1. The molecule has 36 heavy (non-hydrogen) atoms. The van der Waals surface area contributed by atoms with Gasteiger partial charge in [0.1, 0.15) is 18.4 Å². The lowest BCUT2D eigenvalue weighted by molar-refractivity contribution is -0.132. The smallest absolute Gasteiger partial charge is 0.245 e. The average Bonchev–Trinajstić information content (AvgIpc) is 2.87. The van der Waals surface area contributed by atoms with Crippen LogP contribution in [0.25, 0.3) is 0 Å². The van der Waals surface area contributed by atoms with E-state index in [2.05, 4.69) is 26.6 Å². The second-order valence-electron chi connectivity index (χ2n) is 7.94. The number of rotatable bonds is 20. The molecular formula is C21H40N8O7. The first-order valence-electron chi connectivity index (χ1n) is 11.8. The molecule has 0 aromatic carbocycles. The van der Waals surface area contributed by atoms with Crippen molar-refractivity contribution in [1.82, 2.24) is 26.6 Å². The highest BCUT2D eigenvalue weighted by Gasteiger charge is 2.23. The van der Waals surface area contributed by atoms with E-state index in [1.165, 1.54) is 0 Å². The minimum absolute atomic E-state index is 0.228. The van der Waals surface area contributed by atoms with Gasteiger partial charge >= 0.3 is 0 Å². The molecule has 206 valence electrons. The maximum Gasteiger partial charge on any atom is 0.245 e. The van der Waals surface area contributed by atoms with Crippen molar-refractivity contribution in [3.8, 4) is 0 Å². The number of aliphatic hydroxyl groups excluding tert-OH is 1. The molecule has 0 aromatic heterocycles. The van der Waals surface area contributed by atoms with E-state index in [1.54, 1.807) is 0 Å². The van der Waals surface area contributed by atoms with Crippen molar-refractivity contribution in [3.05, 3.63) is 0 Å².